The zero-order valence-corrected chi connectivity index (χ0v) is 19.6. The van der Waals surface area contributed by atoms with E-state index in [0.717, 1.165) is 5.56 Å². The van der Waals surface area contributed by atoms with Crippen LogP contribution in [0, 0.1) is 0 Å². The smallest absolute Gasteiger partial charge is 0.259 e. The Morgan fingerprint density at radius 2 is 1.76 bits per heavy atom. The van der Waals surface area contributed by atoms with Crippen molar-refractivity contribution in [1.29, 1.82) is 0 Å². The number of nitrogens with zero attached hydrogens (tertiary/aromatic N) is 4. The predicted molar refractivity (Wildman–Crippen MR) is 132 cm³/mol. The Balaban J connectivity index is 1.61. The molecule has 8 heteroatoms. The van der Waals surface area contributed by atoms with Gasteiger partial charge in [-0.25, -0.2) is 9.67 Å². The van der Waals surface area contributed by atoms with Gasteiger partial charge in [0.15, 0.2) is 12.3 Å². The zero-order chi connectivity index (χ0) is 24.2. The zero-order valence-electron chi connectivity index (χ0n) is 19.6. The number of ether oxygens (including phenoxy) is 1. The SMILES string of the molecule is CC(C)n1ncc2c(C(=O)Nc3ccc(OCC(=O)N(C)C)cc3)cc(-c3ccccc3)nc21. The summed E-state index contributed by atoms with van der Waals surface area (Å²) in [4.78, 5) is 31.3. The second-order valence-electron chi connectivity index (χ2n) is 8.40. The monoisotopic (exact) mass is 457 g/mol. The van der Waals surface area contributed by atoms with E-state index in [2.05, 4.69) is 10.4 Å². The van der Waals surface area contributed by atoms with Crippen molar-refractivity contribution in [1.82, 2.24) is 19.7 Å². The minimum atomic E-state index is -0.260. The van der Waals surface area contributed by atoms with Gasteiger partial charge in [0.05, 0.1) is 22.8 Å². The highest BCUT2D eigenvalue weighted by atomic mass is 16.5. The number of hydrogen-bond acceptors (Lipinski definition) is 5. The van der Waals surface area contributed by atoms with Crippen molar-refractivity contribution in [3.05, 3.63) is 72.4 Å². The fourth-order valence-electron chi connectivity index (χ4n) is 3.45. The lowest BCUT2D eigenvalue weighted by Gasteiger charge is -2.12. The van der Waals surface area contributed by atoms with Gasteiger partial charge in [0.25, 0.3) is 11.8 Å². The molecule has 2 amide bonds. The minimum absolute atomic E-state index is 0.0458. The van der Waals surface area contributed by atoms with Crippen molar-refractivity contribution in [2.24, 2.45) is 0 Å². The second-order valence-corrected chi connectivity index (χ2v) is 8.40. The number of benzene rings is 2. The number of carbonyl (C=O) groups excluding carboxylic acids is 2. The van der Waals surface area contributed by atoms with E-state index in [9.17, 15) is 9.59 Å². The molecule has 0 spiro atoms. The van der Waals surface area contributed by atoms with Crippen LogP contribution in [0.2, 0.25) is 0 Å². The van der Waals surface area contributed by atoms with E-state index in [0.29, 0.717) is 33.7 Å². The van der Waals surface area contributed by atoms with Gasteiger partial charge in [-0.2, -0.15) is 5.10 Å². The Kier molecular flexibility index (Phi) is 6.58. The first-order chi connectivity index (χ1) is 16.3. The number of carbonyl (C=O) groups is 2. The van der Waals surface area contributed by atoms with Crippen LogP contribution < -0.4 is 10.1 Å². The summed E-state index contributed by atoms with van der Waals surface area (Å²) in [5, 5.41) is 8.10. The first-order valence-corrected chi connectivity index (χ1v) is 11.0. The van der Waals surface area contributed by atoms with Crippen LogP contribution in [-0.4, -0.2) is 52.2 Å². The normalized spacial score (nSPS) is 11.0. The van der Waals surface area contributed by atoms with Crippen LogP contribution in [0.4, 0.5) is 5.69 Å². The molecule has 4 rings (SSSR count). The van der Waals surface area contributed by atoms with Gasteiger partial charge in [0, 0.05) is 31.4 Å². The molecule has 0 fully saturated rings. The standard InChI is InChI=1S/C26H27N5O3/c1-17(2)31-25-22(15-27-31)21(14-23(29-25)18-8-6-5-7-9-18)26(33)28-19-10-12-20(13-11-19)34-16-24(32)30(3)4/h5-15,17H,16H2,1-4H3,(H,28,33). The summed E-state index contributed by atoms with van der Waals surface area (Å²) < 4.78 is 7.32. The van der Waals surface area contributed by atoms with Crippen molar-refractivity contribution >= 4 is 28.5 Å². The molecule has 0 unspecified atom stereocenters. The van der Waals surface area contributed by atoms with Crippen LogP contribution in [0.5, 0.6) is 5.75 Å². The number of pyridine rings is 1. The fraction of sp³-hybridized carbons (Fsp3) is 0.231. The minimum Gasteiger partial charge on any atom is -0.484 e. The summed E-state index contributed by atoms with van der Waals surface area (Å²) in [6, 6.07) is 18.5. The third kappa shape index (κ3) is 4.91. The molecule has 8 nitrogen and oxygen atoms in total. The maximum Gasteiger partial charge on any atom is 0.259 e. The van der Waals surface area contributed by atoms with Gasteiger partial charge in [-0.3, -0.25) is 9.59 Å². The fourth-order valence-corrected chi connectivity index (χ4v) is 3.45. The summed E-state index contributed by atoms with van der Waals surface area (Å²) in [5.41, 5.74) is 3.39. The Bertz CT molecular complexity index is 1310. The van der Waals surface area contributed by atoms with Crippen molar-refractivity contribution in [3.63, 3.8) is 0 Å². The van der Waals surface area contributed by atoms with Crippen molar-refractivity contribution in [2.75, 3.05) is 26.0 Å². The average Bonchev–Trinajstić information content (AvgIpc) is 3.27. The molecule has 4 aromatic rings. The molecule has 1 N–H and O–H groups in total. The molecule has 2 heterocycles. The largest absolute Gasteiger partial charge is 0.484 e. The van der Waals surface area contributed by atoms with E-state index in [1.807, 2.05) is 48.9 Å². The summed E-state index contributed by atoms with van der Waals surface area (Å²) in [6.45, 7) is 4.01. The molecular weight excluding hydrogens is 430 g/mol. The molecule has 0 aliphatic heterocycles. The molecule has 0 aliphatic carbocycles. The maximum atomic E-state index is 13.3. The molecule has 0 atom stereocenters. The Morgan fingerprint density at radius 3 is 2.41 bits per heavy atom. The van der Waals surface area contributed by atoms with Crippen molar-refractivity contribution in [2.45, 2.75) is 19.9 Å². The molecule has 174 valence electrons. The van der Waals surface area contributed by atoms with Crippen molar-refractivity contribution < 1.29 is 14.3 Å². The van der Waals surface area contributed by atoms with Crippen LogP contribution in [0.25, 0.3) is 22.3 Å². The van der Waals surface area contributed by atoms with Crippen LogP contribution in [-0.2, 0) is 4.79 Å². The number of aromatic nitrogens is 3. The number of nitrogens with one attached hydrogen (secondary N) is 1. The van der Waals surface area contributed by atoms with Gasteiger partial charge in [-0.1, -0.05) is 30.3 Å². The molecule has 0 bridgehead atoms. The summed E-state index contributed by atoms with van der Waals surface area (Å²) >= 11 is 0. The number of likely N-dealkylation sites (N-methyl/N-ethyl adjacent to an activating group) is 1. The highest BCUT2D eigenvalue weighted by Crippen LogP contribution is 2.27. The molecule has 0 saturated carbocycles. The van der Waals surface area contributed by atoms with Crippen LogP contribution >= 0.6 is 0 Å². The van der Waals surface area contributed by atoms with E-state index in [4.69, 9.17) is 9.72 Å². The first kappa shape index (κ1) is 23.0. The molecular formula is C26H27N5O3. The van der Waals surface area contributed by atoms with Gasteiger partial charge in [-0.15, -0.1) is 0 Å². The van der Waals surface area contributed by atoms with Crippen LogP contribution in [0.15, 0.2) is 66.9 Å². The van der Waals surface area contributed by atoms with Gasteiger partial charge in [-0.05, 0) is 44.2 Å². The van der Waals surface area contributed by atoms with Gasteiger partial charge in [0.1, 0.15) is 5.75 Å². The van der Waals surface area contributed by atoms with E-state index < -0.39 is 0 Å². The molecule has 0 radical (unpaired) electrons. The topological polar surface area (TPSA) is 89.3 Å². The number of amides is 2. The predicted octanol–water partition coefficient (Wildman–Crippen LogP) is 4.40. The number of anilines is 1. The van der Waals surface area contributed by atoms with Crippen molar-refractivity contribution in [3.8, 4) is 17.0 Å². The number of hydrogen-bond donors (Lipinski definition) is 1. The summed E-state index contributed by atoms with van der Waals surface area (Å²) in [5.74, 6) is 0.156. The molecule has 2 aromatic heterocycles. The summed E-state index contributed by atoms with van der Waals surface area (Å²) in [6.07, 6.45) is 1.69. The number of fused-ring (bicyclic) bond motifs is 1. The lowest BCUT2D eigenvalue weighted by molar-refractivity contribution is -0.130. The molecule has 34 heavy (non-hydrogen) atoms. The van der Waals surface area contributed by atoms with E-state index in [1.54, 1.807) is 50.6 Å². The Labute approximate surface area is 198 Å². The first-order valence-electron chi connectivity index (χ1n) is 11.0. The third-order valence-electron chi connectivity index (χ3n) is 5.34. The van der Waals surface area contributed by atoms with Crippen LogP contribution in [0.1, 0.15) is 30.2 Å². The molecule has 0 aliphatic rings. The lowest BCUT2D eigenvalue weighted by Crippen LogP contribution is -2.27. The average molecular weight is 458 g/mol. The van der Waals surface area contributed by atoms with Gasteiger partial charge in [0.2, 0.25) is 0 Å². The molecule has 0 saturated heterocycles. The van der Waals surface area contributed by atoms with Crippen LogP contribution in [0.3, 0.4) is 0 Å². The Hall–Kier alpha value is -4.20. The van der Waals surface area contributed by atoms with Gasteiger partial charge < -0.3 is 15.0 Å². The lowest BCUT2D eigenvalue weighted by atomic mass is 10.1. The Morgan fingerprint density at radius 1 is 1.06 bits per heavy atom. The molecule has 2 aromatic carbocycles. The van der Waals surface area contributed by atoms with Gasteiger partial charge >= 0.3 is 0 Å². The van der Waals surface area contributed by atoms with E-state index in [-0.39, 0.29) is 24.5 Å². The highest BCUT2D eigenvalue weighted by molar-refractivity contribution is 6.12. The quantitative estimate of drug-likeness (QED) is 0.444. The number of rotatable bonds is 7. The summed E-state index contributed by atoms with van der Waals surface area (Å²) in [7, 11) is 3.35. The third-order valence-corrected chi connectivity index (χ3v) is 5.34. The van der Waals surface area contributed by atoms with E-state index in [1.165, 1.54) is 4.90 Å². The second kappa shape index (κ2) is 9.74. The highest BCUT2D eigenvalue weighted by Gasteiger charge is 2.19. The van der Waals surface area contributed by atoms with E-state index >= 15 is 0 Å². The maximum absolute atomic E-state index is 13.3.